The average Bonchev–Trinajstić information content (AvgIpc) is 2.47. The van der Waals surface area contributed by atoms with Gasteiger partial charge in [0.2, 0.25) is 0 Å². The van der Waals surface area contributed by atoms with Crippen LogP contribution < -0.4 is 8.92 Å². The summed E-state index contributed by atoms with van der Waals surface area (Å²) in [6.45, 7) is 1.73. The minimum atomic E-state index is -5.03. The molecule has 130 valence electrons. The minimum Gasteiger partial charge on any atom is -0.493 e. The summed E-state index contributed by atoms with van der Waals surface area (Å²) in [7, 11) is -3.32. The van der Waals surface area contributed by atoms with Crippen molar-refractivity contribution in [3.05, 3.63) is 53.3 Å². The molecule has 0 amide bonds. The van der Waals surface area contributed by atoms with Crippen molar-refractivity contribution in [3.8, 4) is 11.5 Å². The van der Waals surface area contributed by atoms with Crippen molar-refractivity contribution in [3.63, 3.8) is 0 Å². The van der Waals surface area contributed by atoms with Crippen LogP contribution in [0.3, 0.4) is 0 Å². The summed E-state index contributed by atoms with van der Waals surface area (Å²) in [4.78, 5) is -0.821. The largest absolute Gasteiger partial charge is 0.493 e. The molecule has 0 aliphatic heterocycles. The van der Waals surface area contributed by atoms with Gasteiger partial charge in [-0.25, -0.2) is 4.39 Å². The van der Waals surface area contributed by atoms with E-state index in [4.69, 9.17) is 8.92 Å². The maximum atomic E-state index is 13.3. The highest BCUT2D eigenvalue weighted by molar-refractivity contribution is 7.87. The molecule has 2 aromatic rings. The molecule has 9 heteroatoms. The molecule has 2 rings (SSSR count). The molecule has 0 spiro atoms. The molecule has 24 heavy (non-hydrogen) atoms. The standard InChI is InChI=1S/C15H12F4O4S/c1-9-3-6-13(14(7-9)22-2)23-24(20,21)10-4-5-12(16)11(8-10)15(17,18)19/h3-8H,1-2H3. The second-order valence-electron chi connectivity index (χ2n) is 4.83. The Hall–Kier alpha value is -2.29. The van der Waals surface area contributed by atoms with Crippen LogP contribution in [0.5, 0.6) is 11.5 Å². The Morgan fingerprint density at radius 1 is 1.00 bits per heavy atom. The van der Waals surface area contributed by atoms with Gasteiger partial charge in [-0.3, -0.25) is 0 Å². The molecule has 0 saturated heterocycles. The first-order valence-electron chi connectivity index (χ1n) is 6.50. The van der Waals surface area contributed by atoms with E-state index in [1.54, 1.807) is 13.0 Å². The maximum Gasteiger partial charge on any atom is 0.419 e. The summed E-state index contributed by atoms with van der Waals surface area (Å²) in [5.74, 6) is -1.67. The number of halogens is 4. The Morgan fingerprint density at radius 3 is 2.25 bits per heavy atom. The molecule has 0 fully saturated rings. The van der Waals surface area contributed by atoms with E-state index in [0.717, 1.165) is 5.56 Å². The summed E-state index contributed by atoms with van der Waals surface area (Å²) in [5.41, 5.74) is -0.930. The van der Waals surface area contributed by atoms with Gasteiger partial charge in [0, 0.05) is 0 Å². The summed E-state index contributed by atoms with van der Waals surface area (Å²) in [5, 5.41) is 0. The van der Waals surface area contributed by atoms with Gasteiger partial charge in [0.15, 0.2) is 11.5 Å². The van der Waals surface area contributed by atoms with Crippen LogP contribution in [-0.2, 0) is 16.3 Å². The van der Waals surface area contributed by atoms with E-state index >= 15 is 0 Å². The van der Waals surface area contributed by atoms with Gasteiger partial charge < -0.3 is 8.92 Å². The van der Waals surface area contributed by atoms with Crippen LogP contribution in [0.15, 0.2) is 41.3 Å². The van der Waals surface area contributed by atoms with Crippen molar-refractivity contribution < 1.29 is 34.9 Å². The number of methoxy groups -OCH3 is 1. The van der Waals surface area contributed by atoms with Crippen molar-refractivity contribution >= 4 is 10.1 Å². The van der Waals surface area contributed by atoms with Gasteiger partial charge in [0.1, 0.15) is 10.7 Å². The van der Waals surface area contributed by atoms with Crippen LogP contribution in [0, 0.1) is 12.7 Å². The fourth-order valence-corrected chi connectivity index (χ4v) is 2.85. The maximum absolute atomic E-state index is 13.3. The van der Waals surface area contributed by atoms with E-state index < -0.39 is 32.6 Å². The molecule has 0 heterocycles. The highest BCUT2D eigenvalue weighted by Crippen LogP contribution is 2.34. The smallest absolute Gasteiger partial charge is 0.419 e. The summed E-state index contributed by atoms with van der Waals surface area (Å²) < 4.78 is 85.6. The Kier molecular flexibility index (Phi) is 4.75. The van der Waals surface area contributed by atoms with Crippen LogP contribution >= 0.6 is 0 Å². The third kappa shape index (κ3) is 3.78. The fraction of sp³-hybridized carbons (Fsp3) is 0.200. The number of alkyl halides is 3. The van der Waals surface area contributed by atoms with Crippen LogP contribution in [0.1, 0.15) is 11.1 Å². The molecule has 0 aliphatic carbocycles. The Labute approximate surface area is 135 Å². The number of aryl methyl sites for hydroxylation is 1. The zero-order chi connectivity index (χ0) is 18.1. The first-order chi connectivity index (χ1) is 11.0. The molecule has 0 N–H and O–H groups in total. The van der Waals surface area contributed by atoms with Crippen LogP contribution in [-0.4, -0.2) is 15.5 Å². The predicted molar refractivity (Wildman–Crippen MR) is 76.9 cm³/mol. The van der Waals surface area contributed by atoms with Gasteiger partial charge in [0.25, 0.3) is 0 Å². The number of benzene rings is 2. The first kappa shape index (κ1) is 18.1. The monoisotopic (exact) mass is 364 g/mol. The van der Waals surface area contributed by atoms with Crippen molar-refractivity contribution in [2.24, 2.45) is 0 Å². The molecule has 0 unspecified atom stereocenters. The Morgan fingerprint density at radius 2 is 1.67 bits per heavy atom. The van der Waals surface area contributed by atoms with Crippen LogP contribution in [0.4, 0.5) is 17.6 Å². The molecule has 4 nitrogen and oxygen atoms in total. The lowest BCUT2D eigenvalue weighted by Gasteiger charge is -2.13. The lowest BCUT2D eigenvalue weighted by Crippen LogP contribution is -2.14. The summed E-state index contributed by atoms with van der Waals surface area (Å²) >= 11 is 0. The lowest BCUT2D eigenvalue weighted by atomic mass is 10.2. The first-order valence-corrected chi connectivity index (χ1v) is 7.91. The molecule has 0 aromatic heterocycles. The van der Waals surface area contributed by atoms with E-state index in [9.17, 15) is 26.0 Å². The summed E-state index contributed by atoms with van der Waals surface area (Å²) in [6.07, 6.45) is -5.03. The molecular weight excluding hydrogens is 352 g/mol. The van der Waals surface area contributed by atoms with Crippen molar-refractivity contribution in [2.75, 3.05) is 7.11 Å². The molecule has 0 radical (unpaired) electrons. The topological polar surface area (TPSA) is 52.6 Å². The summed E-state index contributed by atoms with van der Waals surface area (Å²) in [6, 6.07) is 5.65. The molecule has 2 aromatic carbocycles. The predicted octanol–water partition coefficient (Wildman–Crippen LogP) is 3.93. The molecule has 0 saturated carbocycles. The number of hydrogen-bond donors (Lipinski definition) is 0. The third-order valence-corrected chi connectivity index (χ3v) is 4.28. The Bertz CT molecular complexity index is 860. The van der Waals surface area contributed by atoms with Gasteiger partial charge in [-0.05, 0) is 42.8 Å². The van der Waals surface area contributed by atoms with Crippen LogP contribution in [0.2, 0.25) is 0 Å². The zero-order valence-corrected chi connectivity index (χ0v) is 13.3. The molecule has 0 atom stereocenters. The van der Waals surface area contributed by atoms with Gasteiger partial charge in [-0.1, -0.05) is 6.07 Å². The Balaban J connectivity index is 2.45. The SMILES string of the molecule is COc1cc(C)ccc1OS(=O)(=O)c1ccc(F)c(C(F)(F)F)c1. The quantitative estimate of drug-likeness (QED) is 0.609. The highest BCUT2D eigenvalue weighted by atomic mass is 32.2. The van der Waals surface area contributed by atoms with Crippen molar-refractivity contribution in [1.82, 2.24) is 0 Å². The highest BCUT2D eigenvalue weighted by Gasteiger charge is 2.35. The average molecular weight is 364 g/mol. The van der Waals surface area contributed by atoms with Crippen molar-refractivity contribution in [1.29, 1.82) is 0 Å². The van der Waals surface area contributed by atoms with E-state index in [1.807, 2.05) is 0 Å². The minimum absolute atomic E-state index is 0.0942. The number of ether oxygens (including phenoxy) is 1. The second kappa shape index (κ2) is 6.31. The van der Waals surface area contributed by atoms with E-state index in [1.165, 1.54) is 19.2 Å². The normalized spacial score (nSPS) is 12.1. The number of hydrogen-bond acceptors (Lipinski definition) is 4. The zero-order valence-electron chi connectivity index (χ0n) is 12.5. The van der Waals surface area contributed by atoms with E-state index in [0.29, 0.717) is 12.1 Å². The van der Waals surface area contributed by atoms with Gasteiger partial charge in [-0.2, -0.15) is 21.6 Å². The second-order valence-corrected chi connectivity index (χ2v) is 6.38. The van der Waals surface area contributed by atoms with Crippen LogP contribution in [0.25, 0.3) is 0 Å². The molecule has 0 aliphatic rings. The van der Waals surface area contributed by atoms with Crippen molar-refractivity contribution in [2.45, 2.75) is 18.0 Å². The van der Waals surface area contributed by atoms with E-state index in [2.05, 4.69) is 0 Å². The van der Waals surface area contributed by atoms with Gasteiger partial charge in [0.05, 0.1) is 12.7 Å². The lowest BCUT2D eigenvalue weighted by molar-refractivity contribution is -0.140. The van der Waals surface area contributed by atoms with Gasteiger partial charge in [-0.15, -0.1) is 0 Å². The number of rotatable bonds is 4. The fourth-order valence-electron chi connectivity index (χ4n) is 1.89. The third-order valence-electron chi connectivity index (χ3n) is 3.05. The molecular formula is C15H12F4O4S. The molecule has 0 bridgehead atoms. The van der Waals surface area contributed by atoms with E-state index in [-0.39, 0.29) is 17.6 Å². The van der Waals surface area contributed by atoms with Gasteiger partial charge >= 0.3 is 16.3 Å².